The molecule has 11 aromatic rings. The summed E-state index contributed by atoms with van der Waals surface area (Å²) < 4.78 is 5.05. The molecular weight excluding hydrogens is 701 g/mol. The van der Waals surface area contributed by atoms with E-state index in [-0.39, 0.29) is 0 Å². The maximum Gasteiger partial charge on any atom is 0.164 e. The van der Waals surface area contributed by atoms with E-state index in [4.69, 9.17) is 15.0 Å². The van der Waals surface area contributed by atoms with Gasteiger partial charge in [-0.15, -0.1) is 11.3 Å². The maximum atomic E-state index is 5.00. The predicted molar refractivity (Wildman–Crippen MR) is 234 cm³/mol. The van der Waals surface area contributed by atoms with Gasteiger partial charge in [0, 0.05) is 53.3 Å². The molecular formula is C51H32N4S. The van der Waals surface area contributed by atoms with Crippen molar-refractivity contribution in [3.63, 3.8) is 0 Å². The van der Waals surface area contributed by atoms with Crippen LogP contribution >= 0.6 is 11.3 Å². The molecule has 3 aromatic heterocycles. The van der Waals surface area contributed by atoms with Crippen LogP contribution < -0.4 is 0 Å². The smallest absolute Gasteiger partial charge is 0.164 e. The van der Waals surface area contributed by atoms with E-state index in [2.05, 4.69) is 138 Å². The number of para-hydroxylation sites is 1. The monoisotopic (exact) mass is 732 g/mol. The van der Waals surface area contributed by atoms with Crippen molar-refractivity contribution in [1.82, 2.24) is 19.5 Å². The third-order valence-electron chi connectivity index (χ3n) is 10.6. The Hall–Kier alpha value is -7.21. The van der Waals surface area contributed by atoms with Crippen molar-refractivity contribution in [2.24, 2.45) is 0 Å². The van der Waals surface area contributed by atoms with Crippen LogP contribution in [0.15, 0.2) is 194 Å². The van der Waals surface area contributed by atoms with E-state index in [0.717, 1.165) is 33.5 Å². The molecule has 0 aliphatic heterocycles. The van der Waals surface area contributed by atoms with Gasteiger partial charge in [-0.1, -0.05) is 158 Å². The number of hydrogen-bond acceptors (Lipinski definition) is 4. The summed E-state index contributed by atoms with van der Waals surface area (Å²) in [7, 11) is 0. The Labute approximate surface area is 327 Å². The number of aromatic nitrogens is 4. The Bertz CT molecular complexity index is 3200. The number of rotatable bonds is 6. The van der Waals surface area contributed by atoms with Crippen LogP contribution in [0.4, 0.5) is 0 Å². The second kappa shape index (κ2) is 13.3. The zero-order valence-electron chi connectivity index (χ0n) is 30.2. The van der Waals surface area contributed by atoms with E-state index in [0.29, 0.717) is 17.5 Å². The molecule has 5 heteroatoms. The van der Waals surface area contributed by atoms with E-state index in [1.807, 2.05) is 72.0 Å². The molecule has 262 valence electrons. The lowest BCUT2D eigenvalue weighted by molar-refractivity contribution is 1.07. The molecule has 56 heavy (non-hydrogen) atoms. The van der Waals surface area contributed by atoms with Gasteiger partial charge in [-0.05, 0) is 58.7 Å². The van der Waals surface area contributed by atoms with Gasteiger partial charge in [0.1, 0.15) is 0 Å². The van der Waals surface area contributed by atoms with E-state index < -0.39 is 0 Å². The Balaban J connectivity index is 1.04. The van der Waals surface area contributed by atoms with Crippen LogP contribution in [-0.4, -0.2) is 19.5 Å². The minimum Gasteiger partial charge on any atom is -0.309 e. The van der Waals surface area contributed by atoms with E-state index in [1.165, 1.54) is 53.1 Å². The van der Waals surface area contributed by atoms with Gasteiger partial charge in [-0.3, -0.25) is 0 Å². The first-order valence-corrected chi connectivity index (χ1v) is 19.6. The first-order chi connectivity index (χ1) is 27.7. The lowest BCUT2D eigenvalue weighted by Crippen LogP contribution is -2.00. The molecule has 0 unspecified atom stereocenters. The fraction of sp³-hybridized carbons (Fsp3) is 0. The molecule has 0 spiro atoms. The second-order valence-corrected chi connectivity index (χ2v) is 15.1. The summed E-state index contributed by atoms with van der Waals surface area (Å²) in [5, 5.41) is 5.09. The molecule has 0 fully saturated rings. The van der Waals surface area contributed by atoms with Crippen molar-refractivity contribution in [2.45, 2.75) is 0 Å². The normalized spacial score (nSPS) is 11.6. The van der Waals surface area contributed by atoms with Crippen molar-refractivity contribution < 1.29 is 0 Å². The van der Waals surface area contributed by atoms with Gasteiger partial charge in [0.05, 0.1) is 11.0 Å². The Morgan fingerprint density at radius 3 is 1.66 bits per heavy atom. The van der Waals surface area contributed by atoms with Crippen LogP contribution in [0, 0.1) is 0 Å². The summed E-state index contributed by atoms with van der Waals surface area (Å²) in [6.45, 7) is 0. The second-order valence-electron chi connectivity index (χ2n) is 14.0. The highest BCUT2D eigenvalue weighted by atomic mass is 32.1. The topological polar surface area (TPSA) is 43.6 Å². The molecule has 4 nitrogen and oxygen atoms in total. The fourth-order valence-corrected chi connectivity index (χ4v) is 9.23. The average molecular weight is 733 g/mol. The van der Waals surface area contributed by atoms with Crippen LogP contribution in [0.3, 0.4) is 0 Å². The summed E-state index contributed by atoms with van der Waals surface area (Å²) in [5.41, 5.74) is 11.0. The predicted octanol–water partition coefficient (Wildman–Crippen LogP) is 13.7. The van der Waals surface area contributed by atoms with Crippen LogP contribution in [0.5, 0.6) is 0 Å². The zero-order chi connectivity index (χ0) is 37.0. The number of benzene rings is 8. The third kappa shape index (κ3) is 5.48. The number of fused-ring (bicyclic) bond motifs is 6. The van der Waals surface area contributed by atoms with E-state index in [1.54, 1.807) is 0 Å². The van der Waals surface area contributed by atoms with Crippen molar-refractivity contribution in [1.29, 1.82) is 0 Å². The van der Waals surface area contributed by atoms with Crippen molar-refractivity contribution >= 4 is 53.3 Å². The molecule has 0 aliphatic rings. The maximum absolute atomic E-state index is 5.00. The van der Waals surface area contributed by atoms with Gasteiger partial charge < -0.3 is 4.57 Å². The van der Waals surface area contributed by atoms with Crippen LogP contribution in [-0.2, 0) is 0 Å². The molecule has 0 bridgehead atoms. The highest BCUT2D eigenvalue weighted by molar-refractivity contribution is 7.26. The largest absolute Gasteiger partial charge is 0.309 e. The number of thiophene rings is 1. The minimum atomic E-state index is 0.638. The third-order valence-corrected chi connectivity index (χ3v) is 11.9. The molecule has 3 heterocycles. The summed E-state index contributed by atoms with van der Waals surface area (Å²) >= 11 is 1.87. The van der Waals surface area contributed by atoms with Crippen LogP contribution in [0.25, 0.3) is 104 Å². The van der Waals surface area contributed by atoms with E-state index >= 15 is 0 Å². The van der Waals surface area contributed by atoms with Crippen LogP contribution in [0.1, 0.15) is 0 Å². The SMILES string of the molecule is c1ccc(-c2nc(-c3ccccc3)nc(-c3cccc(-c4cccc(-n5c6ccccc6c6ccc(-c7cccc8c7sc7ccccc78)cc65)c4)c3)n2)cc1. The van der Waals surface area contributed by atoms with Gasteiger partial charge >= 0.3 is 0 Å². The Kier molecular flexibility index (Phi) is 7.64. The molecule has 8 aromatic carbocycles. The summed E-state index contributed by atoms with van der Waals surface area (Å²) in [5.74, 6) is 1.94. The molecule has 0 saturated heterocycles. The Morgan fingerprint density at radius 2 is 0.893 bits per heavy atom. The average Bonchev–Trinajstić information content (AvgIpc) is 3.83. The summed E-state index contributed by atoms with van der Waals surface area (Å²) in [6, 6.07) is 68.7. The fourth-order valence-electron chi connectivity index (χ4n) is 7.99. The lowest BCUT2D eigenvalue weighted by Gasteiger charge is -2.12. The van der Waals surface area contributed by atoms with Crippen molar-refractivity contribution in [3.8, 4) is 62.1 Å². The van der Waals surface area contributed by atoms with Crippen molar-refractivity contribution in [3.05, 3.63) is 194 Å². The standard InChI is InChI=1S/C51H32N4S/c1-3-14-33(15-4-1)49-52-50(34-16-5-2-6-17-34)54-51(53-49)38-20-11-18-35(30-38)36-19-12-21-39(31-36)55-45-26-9-7-22-41(45)42-29-28-37(32-46(42)55)40-24-13-25-44-43-23-8-10-27-47(43)56-48(40)44/h1-32H. The van der Waals surface area contributed by atoms with Crippen molar-refractivity contribution in [2.75, 3.05) is 0 Å². The summed E-state index contributed by atoms with van der Waals surface area (Å²) in [4.78, 5) is 14.9. The molecule has 11 rings (SSSR count). The minimum absolute atomic E-state index is 0.638. The first kappa shape index (κ1) is 32.2. The Morgan fingerprint density at radius 1 is 0.339 bits per heavy atom. The lowest BCUT2D eigenvalue weighted by atomic mass is 10.0. The number of nitrogens with zero attached hydrogens (tertiary/aromatic N) is 4. The van der Waals surface area contributed by atoms with Crippen LogP contribution in [0.2, 0.25) is 0 Å². The van der Waals surface area contributed by atoms with Gasteiger partial charge in [0.15, 0.2) is 17.5 Å². The van der Waals surface area contributed by atoms with E-state index in [9.17, 15) is 0 Å². The molecule has 0 saturated carbocycles. The first-order valence-electron chi connectivity index (χ1n) is 18.8. The number of hydrogen-bond donors (Lipinski definition) is 0. The molecule has 0 amide bonds. The van der Waals surface area contributed by atoms with Gasteiger partial charge in [0.2, 0.25) is 0 Å². The highest BCUT2D eigenvalue weighted by Gasteiger charge is 2.17. The van der Waals surface area contributed by atoms with Gasteiger partial charge in [0.25, 0.3) is 0 Å². The van der Waals surface area contributed by atoms with Gasteiger partial charge in [-0.25, -0.2) is 15.0 Å². The quantitative estimate of drug-likeness (QED) is 0.171. The van der Waals surface area contributed by atoms with Gasteiger partial charge in [-0.2, -0.15) is 0 Å². The zero-order valence-corrected chi connectivity index (χ0v) is 31.0. The summed E-state index contributed by atoms with van der Waals surface area (Å²) in [6.07, 6.45) is 0. The molecule has 0 N–H and O–H groups in total. The highest BCUT2D eigenvalue weighted by Crippen LogP contribution is 2.42. The molecule has 0 radical (unpaired) electrons. The molecule has 0 aliphatic carbocycles. The molecule has 0 atom stereocenters.